The number of rotatable bonds is 5. The Morgan fingerprint density at radius 1 is 1.15 bits per heavy atom. The highest BCUT2D eigenvalue weighted by Crippen LogP contribution is 2.40. The van der Waals surface area contributed by atoms with E-state index in [4.69, 9.17) is 14.2 Å². The number of urea groups is 1. The molecule has 0 aliphatic carbocycles. The van der Waals surface area contributed by atoms with Crippen molar-refractivity contribution in [1.29, 1.82) is 0 Å². The van der Waals surface area contributed by atoms with Crippen LogP contribution in [0.25, 0.3) is 0 Å². The molecular weight excluding hydrogens is 332 g/mol. The van der Waals surface area contributed by atoms with Gasteiger partial charge in [0.15, 0.2) is 0 Å². The van der Waals surface area contributed by atoms with E-state index in [1.165, 1.54) is 16.7 Å². The van der Waals surface area contributed by atoms with Gasteiger partial charge in [-0.1, -0.05) is 0 Å². The van der Waals surface area contributed by atoms with E-state index < -0.39 is 0 Å². The van der Waals surface area contributed by atoms with Crippen LogP contribution in [-0.2, 0) is 19.3 Å². The normalized spacial score (nSPS) is 14.0. The second-order valence-electron chi connectivity index (χ2n) is 6.38. The van der Waals surface area contributed by atoms with Crippen LogP contribution < -0.4 is 24.8 Å². The molecule has 2 aromatic rings. The molecule has 6 nitrogen and oxygen atoms in total. The minimum atomic E-state index is -0.225. The predicted octanol–water partition coefficient (Wildman–Crippen LogP) is 2.93. The Labute approximate surface area is 152 Å². The molecule has 4 rings (SSSR count). The lowest BCUT2D eigenvalue weighted by Gasteiger charge is -2.14. The Morgan fingerprint density at radius 3 is 2.77 bits per heavy atom. The molecule has 2 N–H and O–H groups in total. The van der Waals surface area contributed by atoms with Crippen LogP contribution >= 0.6 is 0 Å². The lowest BCUT2D eigenvalue weighted by atomic mass is 9.97. The number of fused-ring (bicyclic) bond motifs is 2. The Hall–Kier alpha value is -2.89. The van der Waals surface area contributed by atoms with Gasteiger partial charge in [0.25, 0.3) is 0 Å². The molecule has 0 aromatic heterocycles. The first-order valence-corrected chi connectivity index (χ1v) is 8.87. The number of methoxy groups -OCH3 is 1. The van der Waals surface area contributed by atoms with Gasteiger partial charge in [-0.3, -0.25) is 0 Å². The molecule has 2 aliphatic heterocycles. The summed E-state index contributed by atoms with van der Waals surface area (Å²) in [7, 11) is 1.61. The second-order valence-corrected chi connectivity index (χ2v) is 6.38. The SMILES string of the molecule is COc1ccc(NC(=O)NCCc2c3c(cc4c2OCC4)OCC3)cc1. The summed E-state index contributed by atoms with van der Waals surface area (Å²) in [6.07, 6.45) is 2.55. The van der Waals surface area contributed by atoms with Gasteiger partial charge in [0, 0.05) is 41.8 Å². The number of hydrogen-bond donors (Lipinski definition) is 2. The minimum absolute atomic E-state index is 0.225. The quantitative estimate of drug-likeness (QED) is 0.866. The monoisotopic (exact) mass is 354 g/mol. The zero-order valence-corrected chi connectivity index (χ0v) is 14.8. The number of carbonyl (C=O) groups is 1. The van der Waals surface area contributed by atoms with Crippen LogP contribution in [0.3, 0.4) is 0 Å². The summed E-state index contributed by atoms with van der Waals surface area (Å²) in [6, 6.07) is 9.11. The summed E-state index contributed by atoms with van der Waals surface area (Å²) in [5.41, 5.74) is 4.34. The molecule has 136 valence electrons. The van der Waals surface area contributed by atoms with E-state index >= 15 is 0 Å². The van der Waals surface area contributed by atoms with Crippen molar-refractivity contribution in [2.75, 3.05) is 32.2 Å². The highest BCUT2D eigenvalue weighted by molar-refractivity contribution is 5.89. The van der Waals surface area contributed by atoms with Gasteiger partial charge in [0.05, 0.1) is 20.3 Å². The minimum Gasteiger partial charge on any atom is -0.497 e. The van der Waals surface area contributed by atoms with Crippen molar-refractivity contribution in [3.8, 4) is 17.2 Å². The van der Waals surface area contributed by atoms with Crippen LogP contribution in [0.4, 0.5) is 10.5 Å². The van der Waals surface area contributed by atoms with Crippen molar-refractivity contribution >= 4 is 11.7 Å². The number of nitrogens with one attached hydrogen (secondary N) is 2. The first-order valence-electron chi connectivity index (χ1n) is 8.87. The largest absolute Gasteiger partial charge is 0.497 e. The maximum atomic E-state index is 12.1. The number of anilines is 1. The third-order valence-electron chi connectivity index (χ3n) is 4.77. The van der Waals surface area contributed by atoms with Crippen molar-refractivity contribution < 1.29 is 19.0 Å². The smallest absolute Gasteiger partial charge is 0.319 e. The van der Waals surface area contributed by atoms with E-state index in [1.54, 1.807) is 19.2 Å². The average molecular weight is 354 g/mol. The molecule has 2 aliphatic rings. The third-order valence-corrected chi connectivity index (χ3v) is 4.77. The first kappa shape index (κ1) is 16.6. The Bertz CT molecular complexity index is 785. The summed E-state index contributed by atoms with van der Waals surface area (Å²) in [5.74, 6) is 2.73. The van der Waals surface area contributed by atoms with Gasteiger partial charge in [-0.05, 0) is 36.8 Å². The predicted molar refractivity (Wildman–Crippen MR) is 98.6 cm³/mol. The molecule has 6 heteroatoms. The number of benzene rings is 2. The summed E-state index contributed by atoms with van der Waals surface area (Å²) < 4.78 is 16.7. The standard InChI is InChI=1S/C20H22N2O4/c1-24-15-4-2-14(3-5-15)22-20(23)21-9-6-17-16-8-11-25-18(16)12-13-7-10-26-19(13)17/h2-5,12H,6-11H2,1H3,(H2,21,22,23). The molecular formula is C20H22N2O4. The van der Waals surface area contributed by atoms with E-state index in [2.05, 4.69) is 16.7 Å². The topological polar surface area (TPSA) is 68.8 Å². The van der Waals surface area contributed by atoms with Crippen molar-refractivity contribution in [2.45, 2.75) is 19.3 Å². The molecule has 0 bridgehead atoms. The number of carbonyl (C=O) groups excluding carboxylic acids is 1. The van der Waals surface area contributed by atoms with Gasteiger partial charge >= 0.3 is 6.03 Å². The highest BCUT2D eigenvalue weighted by Gasteiger charge is 2.26. The van der Waals surface area contributed by atoms with Crippen LogP contribution in [0.1, 0.15) is 16.7 Å². The van der Waals surface area contributed by atoms with Gasteiger partial charge in [-0.15, -0.1) is 0 Å². The van der Waals surface area contributed by atoms with E-state index in [9.17, 15) is 4.79 Å². The van der Waals surface area contributed by atoms with E-state index in [-0.39, 0.29) is 6.03 Å². The molecule has 26 heavy (non-hydrogen) atoms. The molecule has 2 amide bonds. The third kappa shape index (κ3) is 3.27. The molecule has 0 unspecified atom stereocenters. The highest BCUT2D eigenvalue weighted by atomic mass is 16.5. The maximum Gasteiger partial charge on any atom is 0.319 e. The Morgan fingerprint density at radius 2 is 1.96 bits per heavy atom. The van der Waals surface area contributed by atoms with Gasteiger partial charge < -0.3 is 24.8 Å². The maximum absolute atomic E-state index is 12.1. The van der Waals surface area contributed by atoms with Crippen LogP contribution in [0, 0.1) is 0 Å². The van der Waals surface area contributed by atoms with Crippen molar-refractivity contribution in [2.24, 2.45) is 0 Å². The molecule has 0 fully saturated rings. The van der Waals surface area contributed by atoms with Crippen LogP contribution in [0.2, 0.25) is 0 Å². The molecule has 2 heterocycles. The van der Waals surface area contributed by atoms with Gasteiger partial charge in [0.2, 0.25) is 0 Å². The lowest BCUT2D eigenvalue weighted by Crippen LogP contribution is -2.30. The molecule has 0 atom stereocenters. The molecule has 2 aromatic carbocycles. The summed E-state index contributed by atoms with van der Waals surface area (Å²) in [6.45, 7) is 1.97. The second kappa shape index (κ2) is 7.15. The summed E-state index contributed by atoms with van der Waals surface area (Å²) in [4.78, 5) is 12.1. The molecule has 0 radical (unpaired) electrons. The fraction of sp³-hybridized carbons (Fsp3) is 0.350. The van der Waals surface area contributed by atoms with E-state index in [0.29, 0.717) is 6.54 Å². The zero-order valence-electron chi connectivity index (χ0n) is 14.8. The van der Waals surface area contributed by atoms with Crippen LogP contribution in [0.5, 0.6) is 17.2 Å². The Balaban J connectivity index is 1.37. The number of amides is 2. The van der Waals surface area contributed by atoms with Crippen molar-refractivity contribution in [3.63, 3.8) is 0 Å². The zero-order chi connectivity index (χ0) is 17.9. The van der Waals surface area contributed by atoms with Crippen molar-refractivity contribution in [1.82, 2.24) is 5.32 Å². The number of hydrogen-bond acceptors (Lipinski definition) is 4. The number of ether oxygens (including phenoxy) is 3. The van der Waals surface area contributed by atoms with Gasteiger partial charge in [-0.25, -0.2) is 4.79 Å². The summed E-state index contributed by atoms with van der Waals surface area (Å²) >= 11 is 0. The fourth-order valence-corrected chi connectivity index (χ4v) is 3.50. The van der Waals surface area contributed by atoms with Crippen molar-refractivity contribution in [3.05, 3.63) is 47.0 Å². The average Bonchev–Trinajstić information content (AvgIpc) is 3.30. The van der Waals surface area contributed by atoms with Gasteiger partial charge in [-0.2, -0.15) is 0 Å². The molecule has 0 spiro atoms. The lowest BCUT2D eigenvalue weighted by molar-refractivity contribution is 0.252. The van der Waals surface area contributed by atoms with Gasteiger partial charge in [0.1, 0.15) is 17.2 Å². The van der Waals surface area contributed by atoms with E-state index in [0.717, 1.165) is 55.4 Å². The Kier molecular flexibility index (Phi) is 4.56. The van der Waals surface area contributed by atoms with Crippen LogP contribution in [-0.4, -0.2) is 32.9 Å². The van der Waals surface area contributed by atoms with Crippen LogP contribution in [0.15, 0.2) is 30.3 Å². The van der Waals surface area contributed by atoms with E-state index in [1.807, 2.05) is 12.1 Å². The summed E-state index contributed by atoms with van der Waals surface area (Å²) in [5, 5.41) is 5.74. The fourth-order valence-electron chi connectivity index (χ4n) is 3.50. The first-order chi connectivity index (χ1) is 12.7. The molecule has 0 saturated carbocycles. The molecule has 0 saturated heterocycles.